The van der Waals surface area contributed by atoms with Crippen LogP contribution >= 0.6 is 0 Å². The van der Waals surface area contributed by atoms with Gasteiger partial charge in [0.05, 0.1) is 17.5 Å². The molecule has 7 nitrogen and oxygen atoms in total. The minimum absolute atomic E-state index is 0.0225. The molecule has 112 valence electrons. The highest BCUT2D eigenvalue weighted by molar-refractivity contribution is 7.90. The minimum Gasteiger partial charge on any atom is -0.377 e. The summed E-state index contributed by atoms with van der Waals surface area (Å²) in [5.74, 6) is 0.155. The Bertz CT molecular complexity index is 693. The third-order valence-corrected chi connectivity index (χ3v) is 4.93. The molecule has 0 N–H and O–H groups in total. The number of ether oxygens (including phenoxy) is 1. The number of hydrogen-bond acceptors (Lipinski definition) is 6. The average molecular weight is 308 g/mol. The summed E-state index contributed by atoms with van der Waals surface area (Å²) < 4.78 is 31.3. The van der Waals surface area contributed by atoms with E-state index in [2.05, 4.69) is 15.5 Å². The van der Waals surface area contributed by atoms with Crippen LogP contribution < -0.4 is 0 Å². The zero-order chi connectivity index (χ0) is 14.7. The molecule has 1 aliphatic rings. The molecule has 3 rings (SSSR count). The lowest BCUT2D eigenvalue weighted by atomic mass is 10.3. The molecule has 1 aromatic heterocycles. The van der Waals surface area contributed by atoms with Crippen LogP contribution in [0.5, 0.6) is 0 Å². The lowest BCUT2D eigenvalue weighted by molar-refractivity contribution is 0.127. The highest BCUT2D eigenvalue weighted by atomic mass is 32.2. The molecule has 1 saturated heterocycles. The van der Waals surface area contributed by atoms with Crippen LogP contribution in [0.15, 0.2) is 30.3 Å². The second-order valence-electron chi connectivity index (χ2n) is 5.03. The Morgan fingerprint density at radius 1 is 1.29 bits per heavy atom. The smallest absolute Gasteiger partial charge is 0.171 e. The lowest BCUT2D eigenvalue weighted by Crippen LogP contribution is -2.22. The third kappa shape index (κ3) is 3.45. The van der Waals surface area contributed by atoms with Crippen LogP contribution in [0.2, 0.25) is 0 Å². The molecule has 1 aliphatic heterocycles. The van der Waals surface area contributed by atoms with Gasteiger partial charge in [-0.15, -0.1) is 5.10 Å². The normalized spacial score (nSPS) is 19.0. The van der Waals surface area contributed by atoms with Crippen molar-refractivity contribution in [2.75, 3.05) is 12.4 Å². The number of nitrogens with zero attached hydrogens (tertiary/aromatic N) is 4. The van der Waals surface area contributed by atoms with Crippen molar-refractivity contribution < 1.29 is 13.2 Å². The molecular formula is C13H16N4O3S. The van der Waals surface area contributed by atoms with E-state index in [1.54, 1.807) is 0 Å². The summed E-state index contributed by atoms with van der Waals surface area (Å²) in [4.78, 5) is 0. The van der Waals surface area contributed by atoms with E-state index in [1.807, 2.05) is 30.3 Å². The van der Waals surface area contributed by atoms with Gasteiger partial charge in [0.2, 0.25) is 0 Å². The molecule has 2 heterocycles. The van der Waals surface area contributed by atoms with E-state index in [1.165, 1.54) is 4.68 Å². The molecule has 1 unspecified atom stereocenters. The summed E-state index contributed by atoms with van der Waals surface area (Å²) in [5, 5.41) is 11.3. The van der Waals surface area contributed by atoms with Crippen molar-refractivity contribution in [3.8, 4) is 5.69 Å². The maximum absolute atomic E-state index is 12.2. The lowest BCUT2D eigenvalue weighted by Gasteiger charge is -2.10. The minimum atomic E-state index is -3.31. The molecule has 0 amide bonds. The summed E-state index contributed by atoms with van der Waals surface area (Å²) in [6, 6.07) is 9.23. The van der Waals surface area contributed by atoms with Crippen LogP contribution in [0.25, 0.3) is 5.69 Å². The molecule has 0 radical (unpaired) electrons. The zero-order valence-electron chi connectivity index (χ0n) is 11.4. The van der Waals surface area contributed by atoms with Gasteiger partial charge in [-0.3, -0.25) is 0 Å². The van der Waals surface area contributed by atoms with E-state index >= 15 is 0 Å². The molecule has 1 aromatic carbocycles. The van der Waals surface area contributed by atoms with Gasteiger partial charge in [-0.05, 0) is 35.4 Å². The van der Waals surface area contributed by atoms with Gasteiger partial charge in [-0.1, -0.05) is 18.2 Å². The summed E-state index contributed by atoms with van der Waals surface area (Å²) in [5.41, 5.74) is 0.741. The van der Waals surface area contributed by atoms with Gasteiger partial charge in [0.15, 0.2) is 15.7 Å². The van der Waals surface area contributed by atoms with Crippen molar-refractivity contribution in [3.63, 3.8) is 0 Å². The monoisotopic (exact) mass is 308 g/mol. The number of rotatable bonds is 5. The Morgan fingerprint density at radius 3 is 2.81 bits per heavy atom. The molecule has 0 saturated carbocycles. The summed E-state index contributed by atoms with van der Waals surface area (Å²) in [6.45, 7) is 0.641. The van der Waals surface area contributed by atoms with Crippen molar-refractivity contribution in [1.82, 2.24) is 20.2 Å². The first-order valence-electron chi connectivity index (χ1n) is 6.79. The Balaban J connectivity index is 1.77. The largest absolute Gasteiger partial charge is 0.377 e. The van der Waals surface area contributed by atoms with Crippen molar-refractivity contribution in [2.24, 2.45) is 0 Å². The number of hydrogen-bond donors (Lipinski definition) is 0. The third-order valence-electron chi connectivity index (χ3n) is 3.35. The number of tetrazole rings is 1. The van der Waals surface area contributed by atoms with E-state index in [9.17, 15) is 8.42 Å². The van der Waals surface area contributed by atoms with E-state index in [0.29, 0.717) is 12.4 Å². The maximum Gasteiger partial charge on any atom is 0.171 e. The fourth-order valence-corrected chi connectivity index (χ4v) is 3.90. The van der Waals surface area contributed by atoms with Crippen molar-refractivity contribution >= 4 is 9.84 Å². The second kappa shape index (κ2) is 5.90. The predicted molar refractivity (Wildman–Crippen MR) is 75.6 cm³/mol. The molecule has 0 aliphatic carbocycles. The van der Waals surface area contributed by atoms with E-state index in [4.69, 9.17) is 4.74 Å². The van der Waals surface area contributed by atoms with Gasteiger partial charge >= 0.3 is 0 Å². The molecular weight excluding hydrogens is 292 g/mol. The number of sulfone groups is 1. The van der Waals surface area contributed by atoms with Crippen molar-refractivity contribution in [2.45, 2.75) is 24.7 Å². The van der Waals surface area contributed by atoms with Gasteiger partial charge in [0, 0.05) is 6.61 Å². The second-order valence-corrected chi connectivity index (χ2v) is 7.14. The van der Waals surface area contributed by atoms with Crippen LogP contribution in [-0.2, 0) is 20.3 Å². The van der Waals surface area contributed by atoms with Gasteiger partial charge < -0.3 is 4.74 Å². The van der Waals surface area contributed by atoms with Gasteiger partial charge in [0.1, 0.15) is 5.75 Å². The van der Waals surface area contributed by atoms with Crippen LogP contribution in [-0.4, -0.2) is 47.1 Å². The topological polar surface area (TPSA) is 87.0 Å². The average Bonchev–Trinajstić information content (AvgIpc) is 3.10. The van der Waals surface area contributed by atoms with E-state index in [0.717, 1.165) is 18.5 Å². The molecule has 0 bridgehead atoms. The number of benzene rings is 1. The van der Waals surface area contributed by atoms with Gasteiger partial charge in [-0.2, -0.15) is 4.68 Å². The zero-order valence-corrected chi connectivity index (χ0v) is 12.2. The van der Waals surface area contributed by atoms with Gasteiger partial charge in [0.25, 0.3) is 0 Å². The Hall–Kier alpha value is -1.80. The van der Waals surface area contributed by atoms with Crippen LogP contribution in [0.4, 0.5) is 0 Å². The summed E-state index contributed by atoms with van der Waals surface area (Å²) >= 11 is 0. The summed E-state index contributed by atoms with van der Waals surface area (Å²) in [7, 11) is -3.31. The quantitative estimate of drug-likeness (QED) is 0.810. The van der Waals surface area contributed by atoms with Crippen molar-refractivity contribution in [3.05, 3.63) is 36.2 Å². The van der Waals surface area contributed by atoms with Gasteiger partial charge in [-0.25, -0.2) is 8.42 Å². The Kier molecular flexibility index (Phi) is 3.98. The highest BCUT2D eigenvalue weighted by Gasteiger charge is 2.25. The number of para-hydroxylation sites is 1. The molecule has 1 atom stereocenters. The van der Waals surface area contributed by atoms with E-state index in [-0.39, 0.29) is 17.6 Å². The molecule has 0 spiro atoms. The fraction of sp³-hybridized carbons (Fsp3) is 0.462. The Labute approximate surface area is 122 Å². The standard InChI is InChI=1S/C13H16N4O3S/c18-21(19,9-12-7-4-8-20-12)10-13-14-15-16-17(13)11-5-2-1-3-6-11/h1-3,5-6,12H,4,7-10H2. The first-order chi connectivity index (χ1) is 10.1. The molecule has 8 heteroatoms. The fourth-order valence-electron chi connectivity index (χ4n) is 2.38. The van der Waals surface area contributed by atoms with Crippen LogP contribution in [0, 0.1) is 0 Å². The Morgan fingerprint density at radius 2 is 2.10 bits per heavy atom. The molecule has 1 fully saturated rings. The SMILES string of the molecule is O=S(=O)(Cc1nnnn1-c1ccccc1)CC1CCCO1. The van der Waals surface area contributed by atoms with E-state index < -0.39 is 9.84 Å². The maximum atomic E-state index is 12.2. The van der Waals surface area contributed by atoms with Crippen LogP contribution in [0.3, 0.4) is 0 Å². The predicted octanol–water partition coefficient (Wildman–Crippen LogP) is 0.756. The first kappa shape index (κ1) is 14.2. The first-order valence-corrected chi connectivity index (χ1v) is 8.61. The molecule has 21 heavy (non-hydrogen) atoms. The van der Waals surface area contributed by atoms with Crippen LogP contribution in [0.1, 0.15) is 18.7 Å². The van der Waals surface area contributed by atoms with Crippen molar-refractivity contribution in [1.29, 1.82) is 0 Å². The summed E-state index contributed by atoms with van der Waals surface area (Å²) in [6.07, 6.45) is 1.51. The highest BCUT2D eigenvalue weighted by Crippen LogP contribution is 2.16. The number of aromatic nitrogens is 4. The molecule has 2 aromatic rings.